The molecule has 2 aromatic carbocycles. The van der Waals surface area contributed by atoms with E-state index >= 15 is 0 Å². The second-order valence-corrected chi connectivity index (χ2v) is 3.25. The first-order chi connectivity index (χ1) is 8.29. The molecule has 2 rings (SSSR count). The van der Waals surface area contributed by atoms with E-state index in [-0.39, 0.29) is 17.1 Å². The van der Waals surface area contributed by atoms with Crippen molar-refractivity contribution in [2.24, 2.45) is 0 Å². The van der Waals surface area contributed by atoms with E-state index in [2.05, 4.69) is 20.2 Å². The summed E-state index contributed by atoms with van der Waals surface area (Å²) in [5, 5.41) is 0. The van der Waals surface area contributed by atoms with Gasteiger partial charge in [-0.15, -0.1) is 0 Å². The van der Waals surface area contributed by atoms with Gasteiger partial charge in [-0.1, -0.05) is 29.8 Å². The second-order valence-electron chi connectivity index (χ2n) is 2.78. The molecule has 2 aromatic rings. The molecule has 0 aliphatic carbocycles. The first-order valence-corrected chi connectivity index (χ1v) is 5.01. The van der Waals surface area contributed by atoms with Crippen LogP contribution in [0.5, 0.6) is 0 Å². The van der Waals surface area contributed by atoms with Gasteiger partial charge in [-0.05, 0) is 6.92 Å². The third-order valence-corrected chi connectivity index (χ3v) is 1.85. The van der Waals surface area contributed by atoms with Gasteiger partial charge in [0, 0.05) is 0 Å². The van der Waals surface area contributed by atoms with Crippen molar-refractivity contribution in [3.05, 3.63) is 73.5 Å². The number of rotatable bonds is 0. The molecule has 0 spiro atoms. The average Bonchev–Trinajstić information content (AvgIpc) is 2.97. The van der Waals surface area contributed by atoms with Crippen LogP contribution in [0.2, 0.25) is 0 Å². The Hall–Kier alpha value is -1.21. The molecule has 4 heteroatoms. The Morgan fingerprint density at radius 3 is 1.56 bits per heavy atom. The third-order valence-electron chi connectivity index (χ3n) is 1.58. The Morgan fingerprint density at radius 1 is 0.944 bits per heavy atom. The van der Waals surface area contributed by atoms with Crippen molar-refractivity contribution < 1.29 is 26.4 Å². The van der Waals surface area contributed by atoms with Gasteiger partial charge in [-0.25, -0.2) is 12.1 Å². The van der Waals surface area contributed by atoms with Gasteiger partial charge in [0.2, 0.25) is 0 Å². The van der Waals surface area contributed by atoms with Gasteiger partial charge < -0.3 is 12.6 Å². The summed E-state index contributed by atoms with van der Waals surface area (Å²) >= 11 is 4.87. The van der Waals surface area contributed by atoms with Gasteiger partial charge in [0.15, 0.2) is 0 Å². The summed E-state index contributed by atoms with van der Waals surface area (Å²) in [6.07, 6.45) is 0. The minimum atomic E-state index is 0. The summed E-state index contributed by atoms with van der Waals surface area (Å²) in [5.74, 6) is 0. The quantitative estimate of drug-likeness (QED) is 0.319. The van der Waals surface area contributed by atoms with E-state index in [9.17, 15) is 0 Å². The Labute approximate surface area is 124 Å². The molecule has 0 saturated heterocycles. The van der Waals surface area contributed by atoms with Crippen molar-refractivity contribution in [3.8, 4) is 0 Å². The van der Waals surface area contributed by atoms with Crippen LogP contribution in [0, 0.1) is 20.2 Å². The van der Waals surface area contributed by atoms with E-state index < -0.39 is 0 Å². The first kappa shape index (κ1) is 22.0. The maximum Gasteiger partial charge on any atom is 2.00 e. The second kappa shape index (κ2) is 18.2. The first-order valence-electron chi connectivity index (χ1n) is 4.60. The molecular weight excluding hydrogens is 288 g/mol. The number of hydrogen-bond donors (Lipinski definition) is 0. The zero-order valence-electron chi connectivity index (χ0n) is 9.77. The molecule has 0 aliphatic heterocycles. The van der Waals surface area contributed by atoms with Crippen LogP contribution < -0.4 is 0 Å². The van der Waals surface area contributed by atoms with Crippen LogP contribution >= 0.6 is 0 Å². The molecule has 0 heterocycles. The minimum absolute atomic E-state index is 0. The minimum Gasteiger partial charge on any atom is -0.214 e. The molecule has 0 atom stereocenters. The third kappa shape index (κ3) is 14.8. The van der Waals surface area contributed by atoms with E-state index in [1.807, 2.05) is 54.6 Å². The Balaban J connectivity index is -0.000000196. The summed E-state index contributed by atoms with van der Waals surface area (Å²) < 4.78 is 15.0. The number of benzene rings is 1. The monoisotopic (exact) mass is 300 g/mol. The van der Waals surface area contributed by atoms with Crippen LogP contribution in [-0.4, -0.2) is 0 Å². The molecular formula is C14H12FeO2S. The van der Waals surface area contributed by atoms with Gasteiger partial charge in [-0.2, -0.15) is 23.1 Å². The summed E-state index contributed by atoms with van der Waals surface area (Å²) in [4.78, 5) is 0.913. The molecule has 0 N–H and O–H groups in total. The molecule has 0 aromatic heterocycles. The maximum atomic E-state index is 7.50. The Bertz CT molecular complexity index is 347. The normalized spacial score (nSPS) is 6.50. The molecule has 18 heavy (non-hydrogen) atoms. The van der Waals surface area contributed by atoms with Gasteiger partial charge >= 0.3 is 39.7 Å². The van der Waals surface area contributed by atoms with Crippen LogP contribution in [0.3, 0.4) is 0 Å². The van der Waals surface area contributed by atoms with Crippen LogP contribution in [0.4, 0.5) is 0 Å². The van der Waals surface area contributed by atoms with Crippen molar-refractivity contribution in [2.75, 3.05) is 0 Å². The van der Waals surface area contributed by atoms with E-state index in [0.717, 1.165) is 4.90 Å². The zero-order chi connectivity index (χ0) is 13.5. The molecule has 94 valence electrons. The van der Waals surface area contributed by atoms with Gasteiger partial charge in [0.25, 0.3) is 0 Å². The van der Waals surface area contributed by atoms with E-state index in [1.54, 1.807) is 0 Å². The summed E-state index contributed by atoms with van der Waals surface area (Å²) in [5.41, 5.74) is 1.26. The van der Waals surface area contributed by atoms with Crippen molar-refractivity contribution in [2.45, 2.75) is 11.8 Å². The summed E-state index contributed by atoms with van der Waals surface area (Å²) in [7, 11) is 0. The Morgan fingerprint density at radius 2 is 1.33 bits per heavy atom. The average molecular weight is 300 g/mol. The fraction of sp³-hybridized carbons (Fsp3) is 0.0714. The zero-order valence-corrected chi connectivity index (χ0v) is 11.7. The molecule has 0 aliphatic rings. The van der Waals surface area contributed by atoms with E-state index in [0.29, 0.717) is 0 Å². The van der Waals surface area contributed by atoms with Crippen LogP contribution in [-0.2, 0) is 39.0 Å². The largest absolute Gasteiger partial charge is 2.00 e. The van der Waals surface area contributed by atoms with E-state index in [4.69, 9.17) is 21.9 Å². The topological polar surface area (TPSA) is 39.8 Å². The standard InChI is InChI=1S/C7H8S.C5H5.2CO.Fe/c1-6-2-4-7(8)5-3-6;1-2-4-5-3-1;2*1-2;/h2-5,8H,1H3;1-5H;;;/q;-1;;;+2/p-1. The molecule has 0 radical (unpaired) electrons. The predicted octanol–water partition coefficient (Wildman–Crippen LogP) is 3.23. The predicted molar refractivity (Wildman–Crippen MR) is 66.7 cm³/mol. The number of hydrogen-bond acceptors (Lipinski definition) is 1. The molecule has 0 unspecified atom stereocenters. The van der Waals surface area contributed by atoms with Gasteiger partial charge in [-0.3, -0.25) is 0 Å². The van der Waals surface area contributed by atoms with Crippen molar-refractivity contribution in [3.63, 3.8) is 0 Å². The van der Waals surface area contributed by atoms with Crippen molar-refractivity contribution >= 4 is 12.6 Å². The maximum absolute atomic E-state index is 7.50. The van der Waals surface area contributed by atoms with Crippen LogP contribution in [0.15, 0.2) is 59.5 Å². The van der Waals surface area contributed by atoms with Gasteiger partial charge in [0.1, 0.15) is 0 Å². The number of aryl methyl sites for hydroxylation is 1. The molecule has 2 nitrogen and oxygen atoms in total. The van der Waals surface area contributed by atoms with E-state index in [1.165, 1.54) is 5.56 Å². The summed E-state index contributed by atoms with van der Waals surface area (Å²) in [6.45, 7) is 11.1. The van der Waals surface area contributed by atoms with Crippen LogP contribution in [0.1, 0.15) is 5.56 Å². The van der Waals surface area contributed by atoms with Crippen LogP contribution in [0.25, 0.3) is 0 Å². The molecule has 0 amide bonds. The Kier molecular flexibility index (Phi) is 22.2. The van der Waals surface area contributed by atoms with Crippen molar-refractivity contribution in [1.82, 2.24) is 0 Å². The summed E-state index contributed by atoms with van der Waals surface area (Å²) in [6, 6.07) is 17.9. The smallest absolute Gasteiger partial charge is 0.214 e. The van der Waals surface area contributed by atoms with Crippen molar-refractivity contribution in [1.29, 1.82) is 0 Å². The fourth-order valence-electron chi connectivity index (χ4n) is 0.859. The molecule has 0 bridgehead atoms. The SMILES string of the molecule is Cc1ccc([S-])cc1.[C-]#[O+].[C-]#[O+].[Fe+2].c1cc[cH-]c1. The van der Waals surface area contributed by atoms with Gasteiger partial charge in [0.05, 0.1) is 0 Å². The fourth-order valence-corrected chi connectivity index (χ4v) is 0.995. The molecule has 0 saturated carbocycles. The molecule has 0 fully saturated rings.